The highest BCUT2D eigenvalue weighted by Gasteiger charge is 2.10. The summed E-state index contributed by atoms with van der Waals surface area (Å²) in [5.74, 6) is -0.0422. The van der Waals surface area contributed by atoms with Crippen LogP contribution in [0, 0.1) is 6.92 Å². The van der Waals surface area contributed by atoms with Gasteiger partial charge in [0, 0.05) is 16.6 Å². The number of rotatable bonds is 3. The van der Waals surface area contributed by atoms with Gasteiger partial charge in [0.1, 0.15) is 5.58 Å². The third-order valence-electron chi connectivity index (χ3n) is 3.22. The summed E-state index contributed by atoms with van der Waals surface area (Å²) in [6.07, 6.45) is 1.97. The molecule has 0 saturated heterocycles. The molecule has 1 aromatic heterocycles. The number of aryl methyl sites for hydroxylation is 1. The first-order valence-electron chi connectivity index (χ1n) is 6.54. The molecule has 20 heavy (non-hydrogen) atoms. The molecular weight excluding hydrogens is 250 g/mol. The lowest BCUT2D eigenvalue weighted by Crippen LogP contribution is -2.13. The first kappa shape index (κ1) is 12.5. The molecule has 3 heteroatoms. The molecule has 0 saturated carbocycles. The number of furan rings is 1. The van der Waals surface area contributed by atoms with Crippen LogP contribution in [0.1, 0.15) is 11.1 Å². The van der Waals surface area contributed by atoms with Crippen LogP contribution in [0.2, 0.25) is 0 Å². The van der Waals surface area contributed by atoms with Crippen molar-refractivity contribution in [3.05, 3.63) is 65.9 Å². The molecule has 0 aliphatic carbocycles. The number of carbonyl (C=O) groups excluding carboxylic acids is 1. The quantitative estimate of drug-likeness (QED) is 0.779. The van der Waals surface area contributed by atoms with E-state index in [-0.39, 0.29) is 5.91 Å². The van der Waals surface area contributed by atoms with Gasteiger partial charge in [-0.1, -0.05) is 30.3 Å². The van der Waals surface area contributed by atoms with Crippen LogP contribution in [0.5, 0.6) is 0 Å². The lowest BCUT2D eigenvalue weighted by Gasteiger charge is -2.03. The van der Waals surface area contributed by atoms with E-state index >= 15 is 0 Å². The highest BCUT2D eigenvalue weighted by molar-refractivity contribution is 5.95. The molecule has 0 aliphatic rings. The van der Waals surface area contributed by atoms with Crippen LogP contribution < -0.4 is 5.32 Å². The third-order valence-corrected chi connectivity index (χ3v) is 3.22. The van der Waals surface area contributed by atoms with Crippen molar-refractivity contribution >= 4 is 22.6 Å². The number of para-hydroxylation sites is 1. The molecule has 0 radical (unpaired) electrons. The Morgan fingerprint density at radius 2 is 1.95 bits per heavy atom. The molecule has 3 rings (SSSR count). The minimum absolute atomic E-state index is 0.0422. The van der Waals surface area contributed by atoms with Crippen LogP contribution in [0.3, 0.4) is 0 Å². The minimum atomic E-state index is -0.0422. The molecule has 0 bridgehead atoms. The fourth-order valence-corrected chi connectivity index (χ4v) is 2.23. The maximum atomic E-state index is 12.0. The van der Waals surface area contributed by atoms with Crippen LogP contribution in [0.15, 0.2) is 59.2 Å². The fraction of sp³-hybridized carbons (Fsp3) is 0.118. The summed E-state index contributed by atoms with van der Waals surface area (Å²) in [7, 11) is 0. The summed E-state index contributed by atoms with van der Waals surface area (Å²) in [6.45, 7) is 2.02. The first-order valence-corrected chi connectivity index (χ1v) is 6.54. The zero-order chi connectivity index (χ0) is 13.9. The Balaban J connectivity index is 1.78. The molecule has 0 unspecified atom stereocenters. The summed E-state index contributed by atoms with van der Waals surface area (Å²) < 4.78 is 5.50. The van der Waals surface area contributed by atoms with Crippen LogP contribution in [0.4, 0.5) is 5.69 Å². The molecule has 1 N–H and O–H groups in total. The second-order valence-electron chi connectivity index (χ2n) is 4.85. The van der Waals surface area contributed by atoms with Gasteiger partial charge in [0.15, 0.2) is 0 Å². The Morgan fingerprint density at radius 3 is 2.75 bits per heavy atom. The smallest absolute Gasteiger partial charge is 0.228 e. The second kappa shape index (κ2) is 5.21. The van der Waals surface area contributed by atoms with E-state index in [0.29, 0.717) is 6.42 Å². The summed E-state index contributed by atoms with van der Waals surface area (Å²) in [6, 6.07) is 15.5. The highest BCUT2D eigenvalue weighted by Crippen LogP contribution is 2.23. The first-order chi connectivity index (χ1) is 9.72. The van der Waals surface area contributed by atoms with E-state index in [1.165, 1.54) is 0 Å². The number of fused-ring (bicyclic) bond motifs is 1. The Hall–Kier alpha value is -2.55. The summed E-state index contributed by atoms with van der Waals surface area (Å²) in [5.41, 5.74) is 3.69. The zero-order valence-electron chi connectivity index (χ0n) is 11.2. The molecule has 0 spiro atoms. The molecule has 3 aromatic rings. The molecule has 100 valence electrons. The van der Waals surface area contributed by atoms with Crippen molar-refractivity contribution in [2.45, 2.75) is 13.3 Å². The topological polar surface area (TPSA) is 42.2 Å². The third kappa shape index (κ3) is 2.57. The minimum Gasteiger partial charge on any atom is -0.464 e. The maximum absolute atomic E-state index is 12.0. The van der Waals surface area contributed by atoms with Crippen LogP contribution in [-0.2, 0) is 11.2 Å². The van der Waals surface area contributed by atoms with Crippen LogP contribution in [-0.4, -0.2) is 5.91 Å². The fourth-order valence-electron chi connectivity index (χ4n) is 2.23. The number of nitrogens with one attached hydrogen (secondary N) is 1. The van der Waals surface area contributed by atoms with Gasteiger partial charge in [0.05, 0.1) is 12.7 Å². The van der Waals surface area contributed by atoms with Gasteiger partial charge in [0.2, 0.25) is 5.91 Å². The van der Waals surface area contributed by atoms with Crippen molar-refractivity contribution < 1.29 is 9.21 Å². The number of amides is 1. The van der Waals surface area contributed by atoms with E-state index in [1.807, 2.05) is 55.5 Å². The molecule has 2 aromatic carbocycles. The average Bonchev–Trinajstić information content (AvgIpc) is 2.82. The monoisotopic (exact) mass is 265 g/mol. The van der Waals surface area contributed by atoms with Crippen molar-refractivity contribution in [3.63, 3.8) is 0 Å². The summed E-state index contributed by atoms with van der Waals surface area (Å²) in [5, 5.41) is 3.87. The van der Waals surface area contributed by atoms with E-state index in [9.17, 15) is 4.79 Å². The number of hydrogen-bond acceptors (Lipinski definition) is 2. The van der Waals surface area contributed by atoms with Crippen molar-refractivity contribution in [2.75, 3.05) is 5.32 Å². The van der Waals surface area contributed by atoms with Gasteiger partial charge < -0.3 is 9.73 Å². The molecule has 0 fully saturated rings. The SMILES string of the molecule is Cc1ccc2c(CC(=O)Nc3ccccc3)coc2c1. The molecule has 0 atom stereocenters. The van der Waals surface area contributed by atoms with Gasteiger partial charge in [-0.2, -0.15) is 0 Å². The van der Waals surface area contributed by atoms with Crippen molar-refractivity contribution in [1.29, 1.82) is 0 Å². The molecule has 3 nitrogen and oxygen atoms in total. The number of carbonyl (C=O) groups is 1. The van der Waals surface area contributed by atoms with Crippen LogP contribution >= 0.6 is 0 Å². The lowest BCUT2D eigenvalue weighted by molar-refractivity contribution is -0.115. The van der Waals surface area contributed by atoms with E-state index in [2.05, 4.69) is 5.32 Å². The second-order valence-corrected chi connectivity index (χ2v) is 4.85. The van der Waals surface area contributed by atoms with Gasteiger partial charge in [-0.3, -0.25) is 4.79 Å². The van der Waals surface area contributed by atoms with Gasteiger partial charge >= 0.3 is 0 Å². The van der Waals surface area contributed by atoms with Crippen LogP contribution in [0.25, 0.3) is 11.0 Å². The maximum Gasteiger partial charge on any atom is 0.228 e. The number of anilines is 1. The Labute approximate surface area is 117 Å². The van der Waals surface area contributed by atoms with E-state index in [1.54, 1.807) is 6.26 Å². The van der Waals surface area contributed by atoms with E-state index in [4.69, 9.17) is 4.42 Å². The van der Waals surface area contributed by atoms with E-state index < -0.39 is 0 Å². The molecule has 1 amide bonds. The Bertz CT molecular complexity index is 744. The number of benzene rings is 2. The normalized spacial score (nSPS) is 10.7. The standard InChI is InChI=1S/C17H15NO2/c1-12-7-8-15-13(11-20-16(15)9-12)10-17(19)18-14-5-3-2-4-6-14/h2-9,11H,10H2,1H3,(H,18,19). The molecular formula is C17H15NO2. The highest BCUT2D eigenvalue weighted by atomic mass is 16.3. The van der Waals surface area contributed by atoms with Crippen molar-refractivity contribution in [1.82, 2.24) is 0 Å². The van der Waals surface area contributed by atoms with Gasteiger partial charge in [-0.05, 0) is 30.7 Å². The predicted molar refractivity (Wildman–Crippen MR) is 79.7 cm³/mol. The van der Waals surface area contributed by atoms with Gasteiger partial charge in [-0.25, -0.2) is 0 Å². The van der Waals surface area contributed by atoms with E-state index in [0.717, 1.165) is 27.8 Å². The summed E-state index contributed by atoms with van der Waals surface area (Å²) >= 11 is 0. The Morgan fingerprint density at radius 1 is 1.15 bits per heavy atom. The summed E-state index contributed by atoms with van der Waals surface area (Å²) in [4.78, 5) is 12.0. The van der Waals surface area contributed by atoms with Gasteiger partial charge in [0.25, 0.3) is 0 Å². The largest absolute Gasteiger partial charge is 0.464 e. The average molecular weight is 265 g/mol. The Kier molecular flexibility index (Phi) is 3.25. The van der Waals surface area contributed by atoms with Gasteiger partial charge in [-0.15, -0.1) is 0 Å². The number of hydrogen-bond donors (Lipinski definition) is 1. The van der Waals surface area contributed by atoms with Crippen molar-refractivity contribution in [3.8, 4) is 0 Å². The lowest BCUT2D eigenvalue weighted by atomic mass is 10.1. The predicted octanol–water partition coefficient (Wildman–Crippen LogP) is 3.92. The molecule has 1 heterocycles. The van der Waals surface area contributed by atoms with Crippen molar-refractivity contribution in [2.24, 2.45) is 0 Å². The zero-order valence-corrected chi connectivity index (χ0v) is 11.2. The molecule has 0 aliphatic heterocycles.